The first-order chi connectivity index (χ1) is 4.75. The molecule has 1 atom stereocenters. The minimum absolute atomic E-state index is 0.250. The van der Waals surface area contributed by atoms with Crippen LogP contribution in [-0.4, -0.2) is 6.29 Å². The molecule has 0 amide bonds. The number of carbonyl (C=O) groups is 1. The third-order valence-corrected chi connectivity index (χ3v) is 3.43. The Morgan fingerprint density at radius 1 is 1.80 bits per heavy atom. The number of hydrogen-bond acceptors (Lipinski definition) is 2. The van der Waals surface area contributed by atoms with E-state index in [9.17, 15) is 4.79 Å². The summed E-state index contributed by atoms with van der Waals surface area (Å²) in [5.74, 6) is 0. The van der Waals surface area contributed by atoms with E-state index in [1.807, 2.05) is 5.38 Å². The highest BCUT2D eigenvalue weighted by Crippen LogP contribution is 2.32. The maximum Gasteiger partial charge on any atom is 0.138 e. The van der Waals surface area contributed by atoms with E-state index in [1.165, 1.54) is 11.3 Å². The summed E-state index contributed by atoms with van der Waals surface area (Å²) in [6.07, 6.45) is 0.817. The summed E-state index contributed by atoms with van der Waals surface area (Å²) in [5, 5.41) is 2.51. The third kappa shape index (κ3) is 1.59. The molecule has 1 heterocycles. The van der Waals surface area contributed by atoms with Crippen LogP contribution in [0.1, 0.15) is 9.70 Å². The Balaban J connectivity index is 2.92. The smallest absolute Gasteiger partial charge is 0.138 e. The third-order valence-electron chi connectivity index (χ3n) is 1.01. The predicted octanol–water partition coefficient (Wildman–Crippen LogP) is 3.04. The molecule has 54 valence electrons. The molecule has 0 aliphatic rings. The van der Waals surface area contributed by atoms with Crippen LogP contribution >= 0.6 is 38.9 Å². The van der Waals surface area contributed by atoms with E-state index in [4.69, 9.17) is 11.6 Å². The summed E-state index contributed by atoms with van der Waals surface area (Å²) < 4.78 is 0. The summed E-state index contributed by atoms with van der Waals surface area (Å²) in [6, 6.07) is 1.78. The van der Waals surface area contributed by atoms with Crippen molar-refractivity contribution in [3.05, 3.63) is 21.3 Å². The molecule has 1 aromatic rings. The molecule has 0 radical (unpaired) electrons. The van der Waals surface area contributed by atoms with Crippen LogP contribution in [0, 0.1) is 0 Å². The second kappa shape index (κ2) is 3.51. The molecule has 1 nitrogen and oxygen atoms in total. The van der Waals surface area contributed by atoms with Gasteiger partial charge < -0.3 is 4.79 Å². The lowest BCUT2D eigenvalue weighted by molar-refractivity contribution is -0.107. The molecule has 1 aromatic heterocycles. The van der Waals surface area contributed by atoms with Crippen molar-refractivity contribution in [2.45, 2.75) is 4.83 Å². The van der Waals surface area contributed by atoms with Crippen LogP contribution in [0.25, 0.3) is 0 Å². The van der Waals surface area contributed by atoms with Gasteiger partial charge in [-0.05, 0) is 11.4 Å². The van der Waals surface area contributed by atoms with Gasteiger partial charge in [0.05, 0.1) is 5.02 Å². The molecule has 0 N–H and O–H groups in total. The van der Waals surface area contributed by atoms with Crippen LogP contribution in [-0.2, 0) is 4.79 Å². The monoisotopic (exact) mass is 238 g/mol. The van der Waals surface area contributed by atoms with Gasteiger partial charge in [0.1, 0.15) is 11.1 Å². The van der Waals surface area contributed by atoms with Crippen molar-refractivity contribution in [1.29, 1.82) is 0 Å². The molecule has 10 heavy (non-hydrogen) atoms. The topological polar surface area (TPSA) is 17.1 Å². The van der Waals surface area contributed by atoms with Crippen LogP contribution in [0.15, 0.2) is 11.4 Å². The maximum atomic E-state index is 10.3. The molecule has 0 aromatic carbocycles. The van der Waals surface area contributed by atoms with Gasteiger partial charge in [-0.3, -0.25) is 0 Å². The second-order valence-electron chi connectivity index (χ2n) is 1.67. The molecule has 0 spiro atoms. The van der Waals surface area contributed by atoms with Gasteiger partial charge in [0, 0.05) is 4.88 Å². The van der Waals surface area contributed by atoms with Crippen molar-refractivity contribution >= 4 is 45.2 Å². The Labute approximate surface area is 76.1 Å². The Hall–Kier alpha value is 0.140. The standard InChI is InChI=1S/C6H4BrClOS/c7-4(3-9)6-5(8)1-2-10-6/h1-4H. The minimum atomic E-state index is -0.250. The van der Waals surface area contributed by atoms with E-state index in [0.717, 1.165) is 11.2 Å². The first-order valence-corrected chi connectivity index (χ1v) is 4.75. The van der Waals surface area contributed by atoms with E-state index >= 15 is 0 Å². The van der Waals surface area contributed by atoms with Crippen LogP contribution in [0.4, 0.5) is 0 Å². The Morgan fingerprint density at radius 3 is 2.90 bits per heavy atom. The Bertz CT molecular complexity index is 235. The van der Waals surface area contributed by atoms with Crippen molar-refractivity contribution < 1.29 is 4.79 Å². The molecule has 0 aliphatic heterocycles. The highest BCUT2D eigenvalue weighted by Gasteiger charge is 2.10. The van der Waals surface area contributed by atoms with Crippen molar-refractivity contribution in [1.82, 2.24) is 0 Å². The largest absolute Gasteiger partial charge is 0.302 e. The SMILES string of the molecule is O=CC(Br)c1sccc1Cl. The van der Waals surface area contributed by atoms with Gasteiger partial charge in [-0.2, -0.15) is 0 Å². The Morgan fingerprint density at radius 2 is 2.50 bits per heavy atom. The molecule has 0 aliphatic carbocycles. The van der Waals surface area contributed by atoms with Gasteiger partial charge in [-0.15, -0.1) is 11.3 Å². The molecular weight excluding hydrogens is 235 g/mol. The van der Waals surface area contributed by atoms with E-state index in [1.54, 1.807) is 6.07 Å². The molecule has 0 saturated carbocycles. The van der Waals surface area contributed by atoms with Gasteiger partial charge in [-0.1, -0.05) is 27.5 Å². The fraction of sp³-hybridized carbons (Fsp3) is 0.167. The highest BCUT2D eigenvalue weighted by atomic mass is 79.9. The number of rotatable bonds is 2. The molecule has 0 saturated heterocycles. The van der Waals surface area contributed by atoms with Gasteiger partial charge in [0.2, 0.25) is 0 Å². The fourth-order valence-electron chi connectivity index (χ4n) is 0.564. The van der Waals surface area contributed by atoms with Gasteiger partial charge in [0.15, 0.2) is 0 Å². The van der Waals surface area contributed by atoms with E-state index in [0.29, 0.717) is 5.02 Å². The minimum Gasteiger partial charge on any atom is -0.302 e. The average molecular weight is 240 g/mol. The predicted molar refractivity (Wildman–Crippen MR) is 47.1 cm³/mol. The quantitative estimate of drug-likeness (QED) is 0.573. The number of carbonyl (C=O) groups excluding carboxylic acids is 1. The lowest BCUT2D eigenvalue weighted by Gasteiger charge is -1.95. The molecule has 0 fully saturated rings. The van der Waals surface area contributed by atoms with Crippen molar-refractivity contribution in [2.75, 3.05) is 0 Å². The highest BCUT2D eigenvalue weighted by molar-refractivity contribution is 9.09. The normalized spacial score (nSPS) is 13.0. The zero-order valence-electron chi connectivity index (χ0n) is 4.88. The van der Waals surface area contributed by atoms with Crippen molar-refractivity contribution in [2.24, 2.45) is 0 Å². The van der Waals surface area contributed by atoms with E-state index in [2.05, 4.69) is 15.9 Å². The number of aldehydes is 1. The number of halogens is 2. The zero-order valence-corrected chi connectivity index (χ0v) is 8.04. The summed E-state index contributed by atoms with van der Waals surface area (Å²) >= 11 is 10.4. The summed E-state index contributed by atoms with van der Waals surface area (Å²) in [6.45, 7) is 0. The molecule has 1 rings (SSSR count). The van der Waals surface area contributed by atoms with Gasteiger partial charge >= 0.3 is 0 Å². The average Bonchev–Trinajstić information content (AvgIpc) is 2.34. The fourth-order valence-corrected chi connectivity index (χ4v) is 2.37. The molecule has 0 bridgehead atoms. The Kier molecular flexibility index (Phi) is 2.89. The molecular formula is C6H4BrClOS. The number of thiophene rings is 1. The maximum absolute atomic E-state index is 10.3. The van der Waals surface area contributed by atoms with Crippen molar-refractivity contribution in [3.63, 3.8) is 0 Å². The lowest BCUT2D eigenvalue weighted by atomic mass is 10.4. The number of hydrogen-bond donors (Lipinski definition) is 0. The molecule has 4 heteroatoms. The van der Waals surface area contributed by atoms with Crippen LogP contribution in [0.3, 0.4) is 0 Å². The van der Waals surface area contributed by atoms with Gasteiger partial charge in [0.25, 0.3) is 0 Å². The first-order valence-electron chi connectivity index (χ1n) is 2.58. The summed E-state index contributed by atoms with van der Waals surface area (Å²) in [7, 11) is 0. The first kappa shape index (κ1) is 8.24. The van der Waals surface area contributed by atoms with Crippen molar-refractivity contribution in [3.8, 4) is 0 Å². The number of alkyl halides is 1. The van der Waals surface area contributed by atoms with Crippen LogP contribution in [0.5, 0.6) is 0 Å². The summed E-state index contributed by atoms with van der Waals surface area (Å²) in [5.41, 5.74) is 0. The zero-order chi connectivity index (χ0) is 7.56. The van der Waals surface area contributed by atoms with Gasteiger partial charge in [-0.25, -0.2) is 0 Å². The lowest BCUT2D eigenvalue weighted by Crippen LogP contribution is -1.85. The summed E-state index contributed by atoms with van der Waals surface area (Å²) in [4.78, 5) is 10.9. The van der Waals surface area contributed by atoms with Crippen LogP contribution in [0.2, 0.25) is 5.02 Å². The second-order valence-corrected chi connectivity index (χ2v) is 4.01. The van der Waals surface area contributed by atoms with E-state index in [-0.39, 0.29) is 4.83 Å². The molecule has 1 unspecified atom stereocenters. The van der Waals surface area contributed by atoms with E-state index < -0.39 is 0 Å². The van der Waals surface area contributed by atoms with Crippen LogP contribution < -0.4 is 0 Å².